The molecule has 1 nitrogen and oxygen atoms in total. The molecule has 28 heavy (non-hydrogen) atoms. The van der Waals surface area contributed by atoms with E-state index in [0.29, 0.717) is 0 Å². The Balaban J connectivity index is 1.51. The van der Waals surface area contributed by atoms with Gasteiger partial charge in [-0.15, -0.1) is 0 Å². The molecule has 0 saturated carbocycles. The first-order valence-electron chi connectivity index (χ1n) is 9.80. The summed E-state index contributed by atoms with van der Waals surface area (Å²) in [6.07, 6.45) is 0. The molecule has 136 valence electrons. The van der Waals surface area contributed by atoms with Gasteiger partial charge in [0.05, 0.1) is 0 Å². The maximum Gasteiger partial charge on any atom is 0.0431 e. The van der Waals surface area contributed by atoms with Crippen molar-refractivity contribution < 1.29 is 0 Å². The van der Waals surface area contributed by atoms with Gasteiger partial charge in [0.25, 0.3) is 0 Å². The first-order chi connectivity index (χ1) is 13.6. The Morgan fingerprint density at radius 1 is 0.571 bits per heavy atom. The van der Waals surface area contributed by atoms with Crippen LogP contribution in [0, 0.1) is 0 Å². The lowest BCUT2D eigenvalue weighted by molar-refractivity contribution is 0.662. The van der Waals surface area contributed by atoms with Crippen LogP contribution in [0.4, 0.5) is 11.4 Å². The second-order valence-corrected chi connectivity index (χ2v) is 7.97. The number of anilines is 2. The van der Waals surface area contributed by atoms with Crippen molar-refractivity contribution in [1.82, 2.24) is 0 Å². The van der Waals surface area contributed by atoms with Crippen molar-refractivity contribution >= 4 is 11.4 Å². The molecule has 1 aliphatic carbocycles. The van der Waals surface area contributed by atoms with E-state index in [1.807, 2.05) is 0 Å². The first kappa shape index (κ1) is 16.8. The molecule has 0 bridgehead atoms. The molecule has 0 heterocycles. The van der Waals surface area contributed by atoms with E-state index >= 15 is 0 Å². The summed E-state index contributed by atoms with van der Waals surface area (Å²) in [6, 6.07) is 34.5. The van der Waals surface area contributed by atoms with Gasteiger partial charge in [0.2, 0.25) is 0 Å². The Bertz CT molecular complexity index is 1140. The molecule has 0 saturated heterocycles. The van der Waals surface area contributed by atoms with Crippen LogP contribution >= 0.6 is 0 Å². The van der Waals surface area contributed by atoms with Crippen LogP contribution in [0.2, 0.25) is 0 Å². The van der Waals surface area contributed by atoms with Crippen LogP contribution in [-0.4, -0.2) is 0 Å². The topological polar surface area (TPSA) is 12.0 Å². The summed E-state index contributed by atoms with van der Waals surface area (Å²) >= 11 is 0. The third-order valence-corrected chi connectivity index (χ3v) is 5.85. The fourth-order valence-electron chi connectivity index (χ4n) is 4.48. The van der Waals surface area contributed by atoms with Crippen LogP contribution in [0.15, 0.2) is 97.1 Å². The van der Waals surface area contributed by atoms with Crippen molar-refractivity contribution in [3.63, 3.8) is 0 Å². The lowest BCUT2D eigenvalue weighted by atomic mass is 9.81. The summed E-state index contributed by atoms with van der Waals surface area (Å²) in [4.78, 5) is 0. The van der Waals surface area contributed by atoms with Crippen molar-refractivity contribution in [2.75, 3.05) is 5.32 Å². The Morgan fingerprint density at radius 3 is 2.00 bits per heavy atom. The highest BCUT2D eigenvalue weighted by atomic mass is 14.9. The van der Waals surface area contributed by atoms with E-state index in [2.05, 4.69) is 116 Å². The van der Waals surface area contributed by atoms with Gasteiger partial charge in [-0.2, -0.15) is 0 Å². The van der Waals surface area contributed by atoms with E-state index in [0.717, 1.165) is 5.69 Å². The molecule has 0 aliphatic heterocycles. The molecule has 1 heteroatoms. The third kappa shape index (κ3) is 2.63. The van der Waals surface area contributed by atoms with Gasteiger partial charge in [0.15, 0.2) is 0 Å². The maximum absolute atomic E-state index is 3.67. The van der Waals surface area contributed by atoms with E-state index in [9.17, 15) is 0 Å². The van der Waals surface area contributed by atoms with E-state index in [1.54, 1.807) is 0 Å². The predicted molar refractivity (Wildman–Crippen MR) is 119 cm³/mol. The summed E-state index contributed by atoms with van der Waals surface area (Å²) in [7, 11) is 0. The van der Waals surface area contributed by atoms with Crippen molar-refractivity contribution in [3.05, 3.63) is 108 Å². The zero-order valence-corrected chi connectivity index (χ0v) is 16.2. The maximum atomic E-state index is 3.67. The molecule has 1 N–H and O–H groups in total. The van der Waals surface area contributed by atoms with Gasteiger partial charge in [-0.3, -0.25) is 0 Å². The fraction of sp³-hybridized carbons (Fsp3) is 0.111. The summed E-state index contributed by atoms with van der Waals surface area (Å²) in [5.41, 5.74) is 10.2. The van der Waals surface area contributed by atoms with E-state index in [-0.39, 0.29) is 5.41 Å². The standard InChI is InChI=1S/C27H23N/c1-27(2)24-13-7-6-11-22(24)23-12-8-14-25(26(23)27)28-21-17-15-20(16-18-21)19-9-4-3-5-10-19/h3-18,28H,1-2H3. The predicted octanol–water partition coefficient (Wildman–Crippen LogP) is 7.40. The molecule has 0 radical (unpaired) electrons. The Kier molecular flexibility index (Phi) is 3.84. The van der Waals surface area contributed by atoms with Gasteiger partial charge in [-0.25, -0.2) is 0 Å². The minimum absolute atomic E-state index is 0.0144. The third-order valence-electron chi connectivity index (χ3n) is 5.85. The van der Waals surface area contributed by atoms with Crippen LogP contribution in [0.3, 0.4) is 0 Å². The Morgan fingerprint density at radius 2 is 1.21 bits per heavy atom. The van der Waals surface area contributed by atoms with Gasteiger partial charge in [-0.05, 0) is 51.6 Å². The van der Waals surface area contributed by atoms with Crippen molar-refractivity contribution in [3.8, 4) is 22.3 Å². The number of hydrogen-bond donors (Lipinski definition) is 1. The lowest BCUT2D eigenvalue weighted by Gasteiger charge is -2.24. The Hall–Kier alpha value is -3.32. The molecule has 4 aromatic rings. The van der Waals surface area contributed by atoms with Crippen LogP contribution in [-0.2, 0) is 5.41 Å². The molecule has 0 atom stereocenters. The van der Waals surface area contributed by atoms with Crippen molar-refractivity contribution in [1.29, 1.82) is 0 Å². The molecule has 0 fully saturated rings. The minimum Gasteiger partial charge on any atom is -0.355 e. The lowest BCUT2D eigenvalue weighted by Crippen LogP contribution is -2.16. The second kappa shape index (κ2) is 6.38. The quantitative estimate of drug-likeness (QED) is 0.401. The van der Waals surface area contributed by atoms with E-state index in [4.69, 9.17) is 0 Å². The number of hydrogen-bond acceptors (Lipinski definition) is 1. The second-order valence-electron chi connectivity index (χ2n) is 7.97. The van der Waals surface area contributed by atoms with Gasteiger partial charge in [-0.1, -0.05) is 92.7 Å². The SMILES string of the molecule is CC1(C)c2ccccc2-c2cccc(Nc3ccc(-c4ccccc4)cc3)c21. The monoisotopic (exact) mass is 361 g/mol. The van der Waals surface area contributed by atoms with Crippen LogP contribution in [0.1, 0.15) is 25.0 Å². The van der Waals surface area contributed by atoms with Crippen molar-refractivity contribution in [2.24, 2.45) is 0 Å². The normalized spacial score (nSPS) is 13.6. The number of fused-ring (bicyclic) bond motifs is 3. The molecule has 0 unspecified atom stereocenters. The van der Waals surface area contributed by atoms with Crippen LogP contribution < -0.4 is 5.32 Å². The smallest absolute Gasteiger partial charge is 0.0431 e. The molecule has 4 aromatic carbocycles. The number of rotatable bonds is 3. The summed E-state index contributed by atoms with van der Waals surface area (Å²) in [5.74, 6) is 0. The van der Waals surface area contributed by atoms with Gasteiger partial charge < -0.3 is 5.32 Å². The minimum atomic E-state index is -0.0144. The molecular formula is C27H23N. The Labute approximate surface area is 166 Å². The average Bonchev–Trinajstić information content (AvgIpc) is 2.98. The largest absolute Gasteiger partial charge is 0.355 e. The summed E-state index contributed by atoms with van der Waals surface area (Å²) < 4.78 is 0. The van der Waals surface area contributed by atoms with Crippen LogP contribution in [0.5, 0.6) is 0 Å². The molecular weight excluding hydrogens is 338 g/mol. The van der Waals surface area contributed by atoms with E-state index < -0.39 is 0 Å². The average molecular weight is 361 g/mol. The van der Waals surface area contributed by atoms with Crippen molar-refractivity contribution in [2.45, 2.75) is 19.3 Å². The fourth-order valence-corrected chi connectivity index (χ4v) is 4.48. The summed E-state index contributed by atoms with van der Waals surface area (Å²) in [5, 5.41) is 3.67. The zero-order valence-electron chi connectivity index (χ0n) is 16.2. The number of benzene rings is 4. The molecule has 0 aromatic heterocycles. The zero-order chi connectivity index (χ0) is 19.1. The van der Waals surface area contributed by atoms with Gasteiger partial charge in [0.1, 0.15) is 0 Å². The molecule has 5 rings (SSSR count). The summed E-state index contributed by atoms with van der Waals surface area (Å²) in [6.45, 7) is 4.64. The van der Waals surface area contributed by atoms with Gasteiger partial charge >= 0.3 is 0 Å². The highest BCUT2D eigenvalue weighted by Crippen LogP contribution is 2.51. The highest BCUT2D eigenvalue weighted by Gasteiger charge is 2.37. The molecule has 1 aliphatic rings. The molecule has 0 amide bonds. The molecule has 0 spiro atoms. The van der Waals surface area contributed by atoms with E-state index in [1.165, 1.54) is 39.1 Å². The first-order valence-corrected chi connectivity index (χ1v) is 9.80. The van der Waals surface area contributed by atoms with Gasteiger partial charge in [0, 0.05) is 16.8 Å². The number of nitrogens with one attached hydrogen (secondary N) is 1. The van der Waals surface area contributed by atoms with Crippen LogP contribution in [0.25, 0.3) is 22.3 Å². The highest BCUT2D eigenvalue weighted by molar-refractivity contribution is 5.87.